The van der Waals surface area contributed by atoms with E-state index in [2.05, 4.69) is 26.3 Å². The first-order chi connectivity index (χ1) is 11.9. The van der Waals surface area contributed by atoms with Gasteiger partial charge < -0.3 is 14.8 Å². The Morgan fingerprint density at radius 3 is 2.64 bits per heavy atom. The normalized spacial score (nSPS) is 10.4. The average Bonchev–Trinajstić information content (AvgIpc) is 3.10. The van der Waals surface area contributed by atoms with Crippen molar-refractivity contribution in [3.8, 4) is 0 Å². The van der Waals surface area contributed by atoms with Crippen LogP contribution in [-0.2, 0) is 20.8 Å². The predicted octanol–water partition coefficient (Wildman–Crippen LogP) is 2.62. The van der Waals surface area contributed by atoms with Gasteiger partial charge in [0.1, 0.15) is 16.4 Å². The van der Waals surface area contributed by atoms with Gasteiger partial charge in [-0.1, -0.05) is 0 Å². The smallest absolute Gasteiger partial charge is 0.348 e. The monoisotopic (exact) mass is 429 g/mol. The van der Waals surface area contributed by atoms with Gasteiger partial charge in [-0.05, 0) is 35.3 Å². The molecule has 0 aliphatic heterocycles. The van der Waals surface area contributed by atoms with Gasteiger partial charge >= 0.3 is 11.9 Å². The fourth-order valence-corrected chi connectivity index (χ4v) is 3.51. The average molecular weight is 430 g/mol. The highest BCUT2D eigenvalue weighted by Gasteiger charge is 2.27. The molecule has 0 bridgehead atoms. The number of nitrogens with one attached hydrogen (secondary N) is 1. The van der Waals surface area contributed by atoms with E-state index in [0.29, 0.717) is 5.56 Å². The SMILES string of the molecule is CCOC(=O)c1sc(NC(=O)Cn2cc(Br)cn2)c(C(=O)OC)c1C. The molecule has 0 aliphatic carbocycles. The minimum atomic E-state index is -0.638. The van der Waals surface area contributed by atoms with Crippen LogP contribution in [0, 0.1) is 6.92 Å². The third-order valence-corrected chi connectivity index (χ3v) is 4.75. The van der Waals surface area contributed by atoms with Gasteiger partial charge in [-0.15, -0.1) is 11.3 Å². The Balaban J connectivity index is 2.28. The summed E-state index contributed by atoms with van der Waals surface area (Å²) in [5.74, 6) is -1.58. The molecule has 8 nitrogen and oxygen atoms in total. The van der Waals surface area contributed by atoms with E-state index in [1.54, 1.807) is 26.2 Å². The summed E-state index contributed by atoms with van der Waals surface area (Å²) in [6.45, 7) is 3.46. The number of hydrogen-bond donors (Lipinski definition) is 1. The van der Waals surface area contributed by atoms with Crippen molar-refractivity contribution in [2.24, 2.45) is 0 Å². The number of carbonyl (C=O) groups is 3. The maximum absolute atomic E-state index is 12.2. The number of carbonyl (C=O) groups excluding carboxylic acids is 3. The Bertz CT molecular complexity index is 814. The zero-order chi connectivity index (χ0) is 18.6. The topological polar surface area (TPSA) is 99.5 Å². The number of nitrogens with zero attached hydrogens (tertiary/aromatic N) is 2. The standard InChI is InChI=1S/C15H16BrN3O5S/c1-4-24-15(22)12-8(2)11(14(21)23-3)13(25-12)18-10(20)7-19-6-9(16)5-17-19/h5-6H,4,7H2,1-3H3,(H,18,20). The molecule has 1 N–H and O–H groups in total. The number of rotatable bonds is 6. The lowest BCUT2D eigenvalue weighted by Gasteiger charge is -2.06. The van der Waals surface area contributed by atoms with Crippen LogP contribution in [0.25, 0.3) is 0 Å². The van der Waals surface area contributed by atoms with Crippen LogP contribution in [0.5, 0.6) is 0 Å². The Labute approximate surface area is 156 Å². The number of halogens is 1. The number of amides is 1. The van der Waals surface area contributed by atoms with Gasteiger partial charge in [0, 0.05) is 6.20 Å². The summed E-state index contributed by atoms with van der Waals surface area (Å²) in [7, 11) is 1.23. The number of methoxy groups -OCH3 is 1. The van der Waals surface area contributed by atoms with Crippen LogP contribution in [0.1, 0.15) is 32.5 Å². The van der Waals surface area contributed by atoms with Crippen LogP contribution in [0.3, 0.4) is 0 Å². The van der Waals surface area contributed by atoms with Crippen molar-refractivity contribution in [1.29, 1.82) is 0 Å². The molecule has 0 atom stereocenters. The molecule has 0 radical (unpaired) electrons. The number of esters is 2. The Hall–Kier alpha value is -2.20. The zero-order valence-corrected chi connectivity index (χ0v) is 16.2. The van der Waals surface area contributed by atoms with E-state index in [4.69, 9.17) is 9.47 Å². The van der Waals surface area contributed by atoms with Crippen molar-refractivity contribution < 1.29 is 23.9 Å². The number of aromatic nitrogens is 2. The summed E-state index contributed by atoms with van der Waals surface area (Å²) in [4.78, 5) is 36.5. The third kappa shape index (κ3) is 4.45. The van der Waals surface area contributed by atoms with Crippen molar-refractivity contribution in [3.63, 3.8) is 0 Å². The first-order valence-electron chi connectivity index (χ1n) is 7.24. The second-order valence-electron chi connectivity index (χ2n) is 4.88. The van der Waals surface area contributed by atoms with Crippen molar-refractivity contribution >= 4 is 50.1 Å². The molecule has 1 amide bonds. The molecular weight excluding hydrogens is 414 g/mol. The Morgan fingerprint density at radius 2 is 2.08 bits per heavy atom. The van der Waals surface area contributed by atoms with Crippen LogP contribution in [0.4, 0.5) is 5.00 Å². The van der Waals surface area contributed by atoms with Crippen LogP contribution in [0.2, 0.25) is 0 Å². The molecule has 10 heteroatoms. The van der Waals surface area contributed by atoms with Gasteiger partial charge in [0.05, 0.1) is 29.9 Å². The molecule has 25 heavy (non-hydrogen) atoms. The summed E-state index contributed by atoms with van der Waals surface area (Å²) in [6.07, 6.45) is 3.20. The van der Waals surface area contributed by atoms with Crippen molar-refractivity contribution in [2.75, 3.05) is 19.0 Å². The van der Waals surface area contributed by atoms with Gasteiger partial charge in [0.25, 0.3) is 0 Å². The van der Waals surface area contributed by atoms with Crippen LogP contribution >= 0.6 is 27.3 Å². The summed E-state index contributed by atoms with van der Waals surface area (Å²) in [5, 5.41) is 6.87. The van der Waals surface area contributed by atoms with E-state index in [-0.39, 0.29) is 28.6 Å². The van der Waals surface area contributed by atoms with Crippen molar-refractivity contribution in [3.05, 3.63) is 32.9 Å². The highest BCUT2D eigenvalue weighted by Crippen LogP contribution is 2.34. The number of hydrogen-bond acceptors (Lipinski definition) is 7. The summed E-state index contributed by atoms with van der Waals surface area (Å²) in [5.41, 5.74) is 0.554. The van der Waals surface area contributed by atoms with E-state index in [9.17, 15) is 14.4 Å². The van der Waals surface area contributed by atoms with Gasteiger partial charge in [0.15, 0.2) is 0 Å². The molecule has 134 valence electrons. The quantitative estimate of drug-likeness (QED) is 0.708. The second-order valence-corrected chi connectivity index (χ2v) is 6.81. The van der Waals surface area contributed by atoms with Gasteiger partial charge in [0.2, 0.25) is 5.91 Å². The predicted molar refractivity (Wildman–Crippen MR) is 94.9 cm³/mol. The maximum Gasteiger partial charge on any atom is 0.348 e. The maximum atomic E-state index is 12.2. The molecule has 0 saturated carbocycles. The van der Waals surface area contributed by atoms with E-state index in [1.807, 2.05) is 0 Å². The van der Waals surface area contributed by atoms with Gasteiger partial charge in [-0.3, -0.25) is 9.48 Å². The Kier molecular flexibility index (Phi) is 6.32. The molecule has 0 fully saturated rings. The zero-order valence-electron chi connectivity index (χ0n) is 13.8. The Morgan fingerprint density at radius 1 is 1.36 bits per heavy atom. The number of thiophene rings is 1. The highest BCUT2D eigenvalue weighted by molar-refractivity contribution is 9.10. The lowest BCUT2D eigenvalue weighted by molar-refractivity contribution is -0.116. The largest absolute Gasteiger partial charge is 0.465 e. The molecule has 0 unspecified atom stereocenters. The fourth-order valence-electron chi connectivity index (χ4n) is 2.08. The van der Waals surface area contributed by atoms with Crippen molar-refractivity contribution in [2.45, 2.75) is 20.4 Å². The molecule has 2 rings (SSSR count). The van der Waals surface area contributed by atoms with E-state index in [0.717, 1.165) is 15.8 Å². The third-order valence-electron chi connectivity index (χ3n) is 3.16. The molecule has 0 aromatic carbocycles. The lowest BCUT2D eigenvalue weighted by atomic mass is 10.1. The number of ether oxygens (including phenoxy) is 2. The second kappa shape index (κ2) is 8.26. The first kappa shape index (κ1) is 19.1. The van der Waals surface area contributed by atoms with Crippen molar-refractivity contribution in [1.82, 2.24) is 9.78 Å². The first-order valence-corrected chi connectivity index (χ1v) is 8.84. The van der Waals surface area contributed by atoms with Crippen LogP contribution in [0.15, 0.2) is 16.9 Å². The van der Waals surface area contributed by atoms with Crippen LogP contribution < -0.4 is 5.32 Å². The summed E-state index contributed by atoms with van der Waals surface area (Å²) in [6, 6.07) is 0. The van der Waals surface area contributed by atoms with E-state index in [1.165, 1.54) is 11.8 Å². The summed E-state index contributed by atoms with van der Waals surface area (Å²) < 4.78 is 11.9. The summed E-state index contributed by atoms with van der Waals surface area (Å²) >= 11 is 4.22. The highest BCUT2D eigenvalue weighted by atomic mass is 79.9. The molecule has 0 aliphatic rings. The minimum Gasteiger partial charge on any atom is -0.465 e. The fraction of sp³-hybridized carbons (Fsp3) is 0.333. The molecule has 0 spiro atoms. The number of anilines is 1. The molecule has 2 aromatic rings. The molecule has 2 heterocycles. The minimum absolute atomic E-state index is 0.0437. The molecular formula is C15H16BrN3O5S. The van der Waals surface area contributed by atoms with Crippen LogP contribution in [-0.4, -0.2) is 41.3 Å². The lowest BCUT2D eigenvalue weighted by Crippen LogP contribution is -2.20. The van der Waals surface area contributed by atoms with Gasteiger partial charge in [-0.2, -0.15) is 5.10 Å². The van der Waals surface area contributed by atoms with E-state index >= 15 is 0 Å². The molecule has 0 saturated heterocycles. The van der Waals surface area contributed by atoms with Gasteiger partial charge in [-0.25, -0.2) is 9.59 Å². The van der Waals surface area contributed by atoms with E-state index < -0.39 is 17.8 Å². The molecule has 2 aromatic heterocycles.